The number of nitrogens with one attached hydrogen (secondary N) is 1. The zero-order valence-corrected chi connectivity index (χ0v) is 16.0. The number of likely N-dealkylation sites (tertiary alicyclic amines) is 1. The van der Waals surface area contributed by atoms with E-state index < -0.39 is 0 Å². The molecule has 0 radical (unpaired) electrons. The molecule has 1 aliphatic heterocycles. The number of aryl methyl sites for hydroxylation is 2. The molecule has 0 spiro atoms. The maximum Gasteiger partial charge on any atom is 0.227 e. The Bertz CT molecular complexity index is 765. The number of amides is 2. The van der Waals surface area contributed by atoms with Gasteiger partial charge in [0.1, 0.15) is 0 Å². The summed E-state index contributed by atoms with van der Waals surface area (Å²) in [4.78, 5) is 26.7. The quantitative estimate of drug-likeness (QED) is 0.855. The lowest BCUT2D eigenvalue weighted by atomic mass is 10.0. The van der Waals surface area contributed by atoms with E-state index in [0.717, 1.165) is 30.4 Å². The second-order valence-corrected chi connectivity index (χ2v) is 7.31. The first kappa shape index (κ1) is 19.2. The van der Waals surface area contributed by atoms with Gasteiger partial charge in [-0.1, -0.05) is 54.6 Å². The van der Waals surface area contributed by atoms with Crippen molar-refractivity contribution in [3.05, 3.63) is 71.3 Å². The Morgan fingerprint density at radius 3 is 2.37 bits per heavy atom. The summed E-state index contributed by atoms with van der Waals surface area (Å²) in [5, 5.41) is 3.13. The second-order valence-electron chi connectivity index (χ2n) is 7.31. The van der Waals surface area contributed by atoms with E-state index in [1.807, 2.05) is 66.4 Å². The van der Waals surface area contributed by atoms with Crippen molar-refractivity contribution in [3.63, 3.8) is 0 Å². The molecule has 0 unspecified atom stereocenters. The molecule has 0 aliphatic carbocycles. The van der Waals surface area contributed by atoms with E-state index in [9.17, 15) is 9.59 Å². The molecule has 1 fully saturated rings. The van der Waals surface area contributed by atoms with Gasteiger partial charge >= 0.3 is 0 Å². The number of benzene rings is 2. The SMILES string of the molecule is Cc1ccccc1CC(=O)N1CCC(NC(=O)CCc2ccccc2)CC1. The zero-order chi connectivity index (χ0) is 19.1. The third kappa shape index (κ3) is 5.68. The highest BCUT2D eigenvalue weighted by atomic mass is 16.2. The summed E-state index contributed by atoms with van der Waals surface area (Å²) in [6.45, 7) is 3.47. The molecule has 1 aliphatic rings. The average Bonchev–Trinajstić information content (AvgIpc) is 2.69. The van der Waals surface area contributed by atoms with Gasteiger partial charge in [-0.3, -0.25) is 9.59 Å². The van der Waals surface area contributed by atoms with Crippen molar-refractivity contribution in [2.75, 3.05) is 13.1 Å². The first-order valence-corrected chi connectivity index (χ1v) is 9.77. The van der Waals surface area contributed by atoms with Crippen molar-refractivity contribution >= 4 is 11.8 Å². The van der Waals surface area contributed by atoms with Crippen molar-refractivity contribution in [2.45, 2.75) is 45.1 Å². The highest BCUT2D eigenvalue weighted by Crippen LogP contribution is 2.15. The lowest BCUT2D eigenvalue weighted by Gasteiger charge is -2.32. The van der Waals surface area contributed by atoms with E-state index in [1.165, 1.54) is 5.56 Å². The summed E-state index contributed by atoms with van der Waals surface area (Å²) in [6.07, 6.45) is 3.39. The Labute approximate surface area is 161 Å². The van der Waals surface area contributed by atoms with Gasteiger partial charge in [-0.2, -0.15) is 0 Å². The van der Waals surface area contributed by atoms with Crippen molar-refractivity contribution in [1.82, 2.24) is 10.2 Å². The highest BCUT2D eigenvalue weighted by molar-refractivity contribution is 5.79. The van der Waals surface area contributed by atoms with Crippen LogP contribution in [-0.2, 0) is 22.4 Å². The van der Waals surface area contributed by atoms with Crippen LogP contribution in [0.5, 0.6) is 0 Å². The lowest BCUT2D eigenvalue weighted by molar-refractivity contribution is -0.131. The van der Waals surface area contributed by atoms with Crippen molar-refractivity contribution < 1.29 is 9.59 Å². The molecule has 4 heteroatoms. The van der Waals surface area contributed by atoms with Crippen LogP contribution >= 0.6 is 0 Å². The molecule has 27 heavy (non-hydrogen) atoms. The van der Waals surface area contributed by atoms with Crippen molar-refractivity contribution in [1.29, 1.82) is 0 Å². The van der Waals surface area contributed by atoms with Crippen LogP contribution in [0.4, 0.5) is 0 Å². The number of carbonyl (C=O) groups is 2. The largest absolute Gasteiger partial charge is 0.353 e. The Morgan fingerprint density at radius 2 is 1.67 bits per heavy atom. The maximum absolute atomic E-state index is 12.5. The summed E-state index contributed by atoms with van der Waals surface area (Å²) in [5.41, 5.74) is 3.44. The maximum atomic E-state index is 12.5. The summed E-state index contributed by atoms with van der Waals surface area (Å²) < 4.78 is 0. The molecule has 1 N–H and O–H groups in total. The number of hydrogen-bond acceptors (Lipinski definition) is 2. The van der Waals surface area contributed by atoms with Crippen LogP contribution in [0, 0.1) is 6.92 Å². The molecule has 0 atom stereocenters. The Hall–Kier alpha value is -2.62. The van der Waals surface area contributed by atoms with Crippen LogP contribution in [-0.4, -0.2) is 35.8 Å². The predicted molar refractivity (Wildman–Crippen MR) is 107 cm³/mol. The van der Waals surface area contributed by atoms with Crippen LogP contribution in [0.25, 0.3) is 0 Å². The monoisotopic (exact) mass is 364 g/mol. The number of nitrogens with zero attached hydrogens (tertiary/aromatic N) is 1. The lowest BCUT2D eigenvalue weighted by Crippen LogP contribution is -2.47. The first-order valence-electron chi connectivity index (χ1n) is 9.77. The van der Waals surface area contributed by atoms with Crippen LogP contribution in [0.2, 0.25) is 0 Å². The highest BCUT2D eigenvalue weighted by Gasteiger charge is 2.24. The third-order valence-electron chi connectivity index (χ3n) is 5.30. The number of rotatable bonds is 6. The molecule has 2 aromatic rings. The Balaban J connectivity index is 1.40. The van der Waals surface area contributed by atoms with Gasteiger partial charge in [-0.25, -0.2) is 0 Å². The first-order chi connectivity index (χ1) is 13.1. The van der Waals surface area contributed by atoms with E-state index in [4.69, 9.17) is 0 Å². The van der Waals surface area contributed by atoms with Crippen molar-refractivity contribution in [2.24, 2.45) is 0 Å². The third-order valence-corrected chi connectivity index (χ3v) is 5.30. The average molecular weight is 364 g/mol. The Morgan fingerprint density at radius 1 is 1.00 bits per heavy atom. The molecule has 0 bridgehead atoms. The summed E-state index contributed by atoms with van der Waals surface area (Å²) >= 11 is 0. The molecule has 0 saturated carbocycles. The van der Waals surface area contributed by atoms with Crippen LogP contribution in [0.1, 0.15) is 36.0 Å². The van der Waals surface area contributed by atoms with Gasteiger partial charge in [-0.05, 0) is 42.9 Å². The minimum absolute atomic E-state index is 0.100. The van der Waals surface area contributed by atoms with Gasteiger partial charge in [0.05, 0.1) is 6.42 Å². The van der Waals surface area contributed by atoms with Gasteiger partial charge < -0.3 is 10.2 Å². The fourth-order valence-corrected chi connectivity index (χ4v) is 3.56. The number of carbonyl (C=O) groups excluding carboxylic acids is 2. The second kappa shape index (κ2) is 9.36. The zero-order valence-electron chi connectivity index (χ0n) is 16.0. The summed E-state index contributed by atoms with van der Waals surface area (Å²) in [5.74, 6) is 0.279. The molecule has 3 rings (SSSR count). The predicted octanol–water partition coefficient (Wildman–Crippen LogP) is 3.28. The molecule has 2 aromatic carbocycles. The van der Waals surface area contributed by atoms with E-state index in [-0.39, 0.29) is 17.9 Å². The van der Waals surface area contributed by atoms with Gasteiger partial charge in [0, 0.05) is 25.6 Å². The van der Waals surface area contributed by atoms with E-state index in [2.05, 4.69) is 5.32 Å². The topological polar surface area (TPSA) is 49.4 Å². The van der Waals surface area contributed by atoms with Crippen LogP contribution in [0.15, 0.2) is 54.6 Å². The standard InChI is InChI=1S/C23H28N2O2/c1-18-7-5-6-10-20(18)17-23(27)25-15-13-21(14-16-25)24-22(26)12-11-19-8-3-2-4-9-19/h2-10,21H,11-17H2,1H3,(H,24,26). The van der Waals surface area contributed by atoms with E-state index in [1.54, 1.807) is 0 Å². The van der Waals surface area contributed by atoms with E-state index >= 15 is 0 Å². The van der Waals surface area contributed by atoms with Gasteiger partial charge in [0.2, 0.25) is 11.8 Å². The normalized spacial score (nSPS) is 14.8. The van der Waals surface area contributed by atoms with Gasteiger partial charge in [-0.15, -0.1) is 0 Å². The molecule has 4 nitrogen and oxygen atoms in total. The summed E-state index contributed by atoms with van der Waals surface area (Å²) in [6, 6.07) is 18.3. The van der Waals surface area contributed by atoms with Gasteiger partial charge in [0.15, 0.2) is 0 Å². The fraction of sp³-hybridized carbons (Fsp3) is 0.391. The summed E-state index contributed by atoms with van der Waals surface area (Å²) in [7, 11) is 0. The Kier molecular flexibility index (Phi) is 6.64. The van der Waals surface area contributed by atoms with Gasteiger partial charge in [0.25, 0.3) is 0 Å². The minimum atomic E-state index is 0.100. The van der Waals surface area contributed by atoms with E-state index in [0.29, 0.717) is 25.9 Å². The molecular formula is C23H28N2O2. The smallest absolute Gasteiger partial charge is 0.227 e. The molecule has 142 valence electrons. The van der Waals surface area contributed by atoms with Crippen molar-refractivity contribution in [3.8, 4) is 0 Å². The number of hydrogen-bond donors (Lipinski definition) is 1. The number of piperidine rings is 1. The molecule has 0 aromatic heterocycles. The molecule has 1 saturated heterocycles. The minimum Gasteiger partial charge on any atom is -0.353 e. The van der Waals surface area contributed by atoms with Crippen LogP contribution < -0.4 is 5.32 Å². The fourth-order valence-electron chi connectivity index (χ4n) is 3.56. The van der Waals surface area contributed by atoms with Crippen LogP contribution in [0.3, 0.4) is 0 Å². The molecule has 1 heterocycles. The molecular weight excluding hydrogens is 336 g/mol. The molecule has 2 amide bonds.